The van der Waals surface area contributed by atoms with E-state index in [9.17, 15) is 9.59 Å². The van der Waals surface area contributed by atoms with E-state index in [1.165, 1.54) is 0 Å². The minimum absolute atomic E-state index is 0.0422. The molecule has 126 valence electrons. The van der Waals surface area contributed by atoms with Gasteiger partial charge in [-0.1, -0.05) is 46.9 Å². The highest BCUT2D eigenvalue weighted by Gasteiger charge is 2.12. The van der Waals surface area contributed by atoms with Crippen LogP contribution in [-0.2, 0) is 20.7 Å². The standard InChI is InChI=1S/C17H14Cl3NO3/c1-10-13(19)3-2-4-15(10)21-16(22)9-24-17(23)7-11-5-6-12(18)8-14(11)20/h2-6,8H,7,9H2,1H3,(H,21,22). The molecule has 0 aliphatic rings. The Morgan fingerprint density at radius 1 is 1.08 bits per heavy atom. The van der Waals surface area contributed by atoms with Crippen LogP contribution in [0.4, 0.5) is 5.69 Å². The topological polar surface area (TPSA) is 55.4 Å². The molecule has 0 saturated heterocycles. The van der Waals surface area contributed by atoms with E-state index < -0.39 is 18.5 Å². The number of amides is 1. The SMILES string of the molecule is Cc1c(Cl)cccc1NC(=O)COC(=O)Cc1ccc(Cl)cc1Cl. The maximum absolute atomic E-state index is 11.9. The summed E-state index contributed by atoms with van der Waals surface area (Å²) >= 11 is 17.8. The summed E-state index contributed by atoms with van der Waals surface area (Å²) in [7, 11) is 0. The van der Waals surface area contributed by atoms with Gasteiger partial charge in [-0.2, -0.15) is 0 Å². The van der Waals surface area contributed by atoms with E-state index in [0.29, 0.717) is 26.3 Å². The van der Waals surface area contributed by atoms with Crippen molar-refractivity contribution in [3.05, 3.63) is 62.6 Å². The number of rotatable bonds is 5. The van der Waals surface area contributed by atoms with Crippen LogP contribution >= 0.6 is 34.8 Å². The second kappa shape index (κ2) is 8.38. The van der Waals surface area contributed by atoms with E-state index in [1.54, 1.807) is 43.3 Å². The summed E-state index contributed by atoms with van der Waals surface area (Å²) < 4.78 is 4.96. The number of carbonyl (C=O) groups excluding carboxylic acids is 2. The lowest BCUT2D eigenvalue weighted by molar-refractivity contribution is -0.146. The lowest BCUT2D eigenvalue weighted by atomic mass is 10.1. The summed E-state index contributed by atoms with van der Waals surface area (Å²) in [5, 5.41) is 4.04. The second-order valence-corrected chi connectivity index (χ2v) is 6.28. The highest BCUT2D eigenvalue weighted by Crippen LogP contribution is 2.23. The molecule has 0 aliphatic heterocycles. The fourth-order valence-electron chi connectivity index (χ4n) is 1.95. The van der Waals surface area contributed by atoms with E-state index in [0.717, 1.165) is 5.56 Å². The Bertz CT molecular complexity index is 778. The Hall–Kier alpha value is -1.75. The van der Waals surface area contributed by atoms with Crippen molar-refractivity contribution in [2.24, 2.45) is 0 Å². The quantitative estimate of drug-likeness (QED) is 0.759. The summed E-state index contributed by atoms with van der Waals surface area (Å²) in [4.78, 5) is 23.7. The molecule has 2 aromatic rings. The van der Waals surface area contributed by atoms with Crippen LogP contribution in [0, 0.1) is 6.92 Å². The number of ether oxygens (including phenoxy) is 1. The first kappa shape index (κ1) is 18.6. The molecule has 7 heteroatoms. The van der Waals surface area contributed by atoms with Gasteiger partial charge in [0.2, 0.25) is 0 Å². The van der Waals surface area contributed by atoms with Crippen LogP contribution in [0.2, 0.25) is 15.1 Å². The van der Waals surface area contributed by atoms with Crippen molar-refractivity contribution < 1.29 is 14.3 Å². The van der Waals surface area contributed by atoms with Gasteiger partial charge in [0.1, 0.15) is 0 Å². The Labute approximate surface area is 154 Å². The van der Waals surface area contributed by atoms with Crippen LogP contribution < -0.4 is 5.32 Å². The summed E-state index contributed by atoms with van der Waals surface area (Å²) in [6, 6.07) is 9.97. The number of carbonyl (C=O) groups is 2. The molecule has 0 saturated carbocycles. The predicted molar refractivity (Wildman–Crippen MR) is 95.9 cm³/mol. The van der Waals surface area contributed by atoms with Crippen molar-refractivity contribution in [2.45, 2.75) is 13.3 Å². The highest BCUT2D eigenvalue weighted by atomic mass is 35.5. The van der Waals surface area contributed by atoms with Gasteiger partial charge < -0.3 is 10.1 Å². The molecule has 4 nitrogen and oxygen atoms in total. The Kier molecular flexibility index (Phi) is 6.49. The number of halogens is 3. The van der Waals surface area contributed by atoms with Crippen LogP contribution in [0.15, 0.2) is 36.4 Å². The van der Waals surface area contributed by atoms with Crippen molar-refractivity contribution >= 4 is 52.4 Å². The second-order valence-electron chi connectivity index (χ2n) is 5.03. The third-order valence-corrected chi connectivity index (χ3v) is 4.25. The molecule has 2 aromatic carbocycles. The smallest absolute Gasteiger partial charge is 0.310 e. The molecule has 24 heavy (non-hydrogen) atoms. The first-order valence-electron chi connectivity index (χ1n) is 7.01. The van der Waals surface area contributed by atoms with Gasteiger partial charge in [0.05, 0.1) is 6.42 Å². The first-order valence-corrected chi connectivity index (χ1v) is 8.14. The number of esters is 1. The minimum Gasteiger partial charge on any atom is -0.455 e. The molecule has 0 atom stereocenters. The molecule has 0 heterocycles. The van der Waals surface area contributed by atoms with Crippen molar-refractivity contribution in [1.82, 2.24) is 0 Å². The van der Waals surface area contributed by atoms with Gasteiger partial charge in [0.25, 0.3) is 5.91 Å². The molecular weight excluding hydrogens is 373 g/mol. The lowest BCUT2D eigenvalue weighted by Crippen LogP contribution is -2.22. The van der Waals surface area contributed by atoms with Gasteiger partial charge in [-0.05, 0) is 42.3 Å². The van der Waals surface area contributed by atoms with Crippen molar-refractivity contribution in [3.63, 3.8) is 0 Å². The predicted octanol–water partition coefficient (Wildman–Crippen LogP) is 4.68. The van der Waals surface area contributed by atoms with E-state index in [1.807, 2.05) is 0 Å². The normalized spacial score (nSPS) is 10.3. The van der Waals surface area contributed by atoms with Gasteiger partial charge in [0.15, 0.2) is 6.61 Å². The number of hydrogen-bond donors (Lipinski definition) is 1. The van der Waals surface area contributed by atoms with Crippen LogP contribution in [0.25, 0.3) is 0 Å². The number of nitrogens with one attached hydrogen (secondary N) is 1. The Balaban J connectivity index is 1.87. The molecular formula is C17H14Cl3NO3. The van der Waals surface area contributed by atoms with E-state index in [4.69, 9.17) is 39.5 Å². The zero-order chi connectivity index (χ0) is 17.7. The lowest BCUT2D eigenvalue weighted by Gasteiger charge is -2.10. The monoisotopic (exact) mass is 385 g/mol. The summed E-state index contributed by atoms with van der Waals surface area (Å²) in [6.45, 7) is 1.39. The molecule has 1 amide bonds. The van der Waals surface area contributed by atoms with Crippen LogP contribution in [0.1, 0.15) is 11.1 Å². The van der Waals surface area contributed by atoms with Crippen molar-refractivity contribution in [1.29, 1.82) is 0 Å². The van der Waals surface area contributed by atoms with Crippen LogP contribution in [-0.4, -0.2) is 18.5 Å². The van der Waals surface area contributed by atoms with Crippen molar-refractivity contribution in [3.8, 4) is 0 Å². The summed E-state index contributed by atoms with van der Waals surface area (Å²) in [6.07, 6.45) is -0.0422. The minimum atomic E-state index is -0.558. The average molecular weight is 387 g/mol. The average Bonchev–Trinajstić information content (AvgIpc) is 2.53. The number of anilines is 1. The van der Waals surface area contributed by atoms with Crippen LogP contribution in [0.3, 0.4) is 0 Å². The maximum Gasteiger partial charge on any atom is 0.310 e. The van der Waals surface area contributed by atoms with E-state index in [2.05, 4.69) is 5.32 Å². The fraction of sp³-hybridized carbons (Fsp3) is 0.176. The molecule has 0 fully saturated rings. The third-order valence-electron chi connectivity index (χ3n) is 3.26. The van der Waals surface area contributed by atoms with Crippen LogP contribution in [0.5, 0.6) is 0 Å². The van der Waals surface area contributed by atoms with Gasteiger partial charge in [-0.25, -0.2) is 0 Å². The summed E-state index contributed by atoms with van der Waals surface area (Å²) in [5.74, 6) is -1.01. The van der Waals surface area contributed by atoms with Gasteiger partial charge >= 0.3 is 5.97 Å². The highest BCUT2D eigenvalue weighted by molar-refractivity contribution is 6.35. The van der Waals surface area contributed by atoms with Gasteiger partial charge in [-0.3, -0.25) is 9.59 Å². The molecule has 0 bridgehead atoms. The molecule has 0 spiro atoms. The van der Waals surface area contributed by atoms with E-state index >= 15 is 0 Å². The third kappa shape index (κ3) is 5.13. The maximum atomic E-state index is 11.9. The van der Waals surface area contributed by atoms with E-state index in [-0.39, 0.29) is 6.42 Å². The van der Waals surface area contributed by atoms with Gasteiger partial charge in [-0.15, -0.1) is 0 Å². The Morgan fingerprint density at radius 3 is 2.54 bits per heavy atom. The number of benzene rings is 2. The number of hydrogen-bond acceptors (Lipinski definition) is 3. The largest absolute Gasteiger partial charge is 0.455 e. The van der Waals surface area contributed by atoms with Gasteiger partial charge in [0, 0.05) is 20.8 Å². The molecule has 2 rings (SSSR count). The zero-order valence-electron chi connectivity index (χ0n) is 12.7. The molecule has 0 aliphatic carbocycles. The van der Waals surface area contributed by atoms with Crippen molar-refractivity contribution in [2.75, 3.05) is 11.9 Å². The summed E-state index contributed by atoms with van der Waals surface area (Å²) in [5.41, 5.74) is 1.90. The molecule has 0 aromatic heterocycles. The Morgan fingerprint density at radius 2 is 1.83 bits per heavy atom. The fourth-order valence-corrected chi connectivity index (χ4v) is 2.60. The molecule has 0 unspecified atom stereocenters. The first-order chi connectivity index (χ1) is 11.4. The molecule has 0 radical (unpaired) electrons. The zero-order valence-corrected chi connectivity index (χ0v) is 15.0. The molecule has 1 N–H and O–H groups in total.